The van der Waals surface area contributed by atoms with Crippen molar-refractivity contribution in [2.75, 3.05) is 31.6 Å². The quantitative estimate of drug-likeness (QED) is 0.776. The van der Waals surface area contributed by atoms with Crippen LogP contribution in [0.3, 0.4) is 0 Å². The fourth-order valence-electron chi connectivity index (χ4n) is 3.83. The predicted molar refractivity (Wildman–Crippen MR) is 104 cm³/mol. The largest absolute Gasteiger partial charge is 0.491 e. The Morgan fingerprint density at radius 3 is 3.08 bits per heavy atom. The van der Waals surface area contributed by atoms with Crippen LogP contribution in [0, 0.1) is 5.92 Å². The number of hydrogen-bond acceptors (Lipinski definition) is 4. The topological polar surface area (TPSA) is 46.2 Å². The van der Waals surface area contributed by atoms with Crippen LogP contribution in [-0.4, -0.2) is 31.2 Å². The number of anilines is 1. The van der Waals surface area contributed by atoms with E-state index in [9.17, 15) is 0 Å². The van der Waals surface area contributed by atoms with E-state index < -0.39 is 0 Å². The lowest BCUT2D eigenvalue weighted by molar-refractivity contribution is 0.306. The molecule has 4 nitrogen and oxygen atoms in total. The van der Waals surface area contributed by atoms with Crippen molar-refractivity contribution in [3.63, 3.8) is 0 Å². The Bertz CT molecular complexity index is 750. The van der Waals surface area contributed by atoms with Gasteiger partial charge in [0.05, 0.1) is 12.1 Å². The smallest absolute Gasteiger partial charge is 0.141 e. The molecule has 1 fully saturated rings. The number of ether oxygens (including phenoxy) is 1. The van der Waals surface area contributed by atoms with Crippen molar-refractivity contribution >= 4 is 22.3 Å². The molecule has 0 saturated carbocycles. The van der Waals surface area contributed by atoms with Crippen LogP contribution in [0.2, 0.25) is 0 Å². The maximum absolute atomic E-state index is 5.71. The zero-order chi connectivity index (χ0) is 16.9. The highest BCUT2D eigenvalue weighted by atomic mass is 16.5. The van der Waals surface area contributed by atoms with E-state index in [1.165, 1.54) is 49.8 Å². The fourth-order valence-corrected chi connectivity index (χ4v) is 3.83. The third kappa shape index (κ3) is 3.96. The molecule has 1 aromatic heterocycles. The van der Waals surface area contributed by atoms with E-state index in [4.69, 9.17) is 9.72 Å². The molecular weight excluding hydrogens is 310 g/mol. The van der Waals surface area contributed by atoms with Gasteiger partial charge in [0.25, 0.3) is 0 Å². The number of pyridine rings is 1. The second-order valence-electron chi connectivity index (χ2n) is 7.06. The van der Waals surface area contributed by atoms with E-state index in [0.717, 1.165) is 42.5 Å². The Balaban J connectivity index is 1.45. The van der Waals surface area contributed by atoms with E-state index in [-0.39, 0.29) is 0 Å². The van der Waals surface area contributed by atoms with Gasteiger partial charge in [0.2, 0.25) is 0 Å². The standard InChI is InChI=1S/C21H27N3O/c1-2-9-18-17(8-1)19(14-20(24-18)21-10-5-13-25-21)23-12-4-7-16-6-3-11-22-15-16/h1-2,8-10,14,16,22H,3-7,11-13,15H2,(H,23,24). The Labute approximate surface area is 149 Å². The van der Waals surface area contributed by atoms with Gasteiger partial charge in [-0.15, -0.1) is 0 Å². The van der Waals surface area contributed by atoms with E-state index in [2.05, 4.69) is 41.0 Å². The summed E-state index contributed by atoms with van der Waals surface area (Å²) in [6.07, 6.45) is 8.31. The summed E-state index contributed by atoms with van der Waals surface area (Å²) in [5.74, 6) is 1.76. The molecule has 0 aliphatic carbocycles. The lowest BCUT2D eigenvalue weighted by Gasteiger charge is -2.22. The van der Waals surface area contributed by atoms with E-state index in [1.807, 2.05) is 6.07 Å². The molecule has 0 bridgehead atoms. The lowest BCUT2D eigenvalue weighted by Crippen LogP contribution is -2.29. The zero-order valence-electron chi connectivity index (χ0n) is 14.8. The van der Waals surface area contributed by atoms with Crippen molar-refractivity contribution in [2.45, 2.75) is 32.1 Å². The van der Waals surface area contributed by atoms with Crippen molar-refractivity contribution in [1.29, 1.82) is 0 Å². The molecule has 1 saturated heterocycles. The van der Waals surface area contributed by atoms with Crippen LogP contribution in [0.25, 0.3) is 16.7 Å². The number of aromatic nitrogens is 1. The Morgan fingerprint density at radius 2 is 2.24 bits per heavy atom. The summed E-state index contributed by atoms with van der Waals surface area (Å²) in [5, 5.41) is 8.34. The molecule has 3 heterocycles. The van der Waals surface area contributed by atoms with Crippen molar-refractivity contribution in [2.24, 2.45) is 5.92 Å². The van der Waals surface area contributed by atoms with Crippen molar-refractivity contribution in [3.05, 3.63) is 42.1 Å². The minimum absolute atomic E-state index is 0.766. The van der Waals surface area contributed by atoms with Gasteiger partial charge in [-0.3, -0.25) is 0 Å². The van der Waals surface area contributed by atoms with Crippen molar-refractivity contribution < 1.29 is 4.74 Å². The van der Waals surface area contributed by atoms with Gasteiger partial charge in [-0.05, 0) is 62.9 Å². The summed E-state index contributed by atoms with van der Waals surface area (Å²) in [6, 6.07) is 10.5. The summed E-state index contributed by atoms with van der Waals surface area (Å²) in [4.78, 5) is 4.78. The van der Waals surface area contributed by atoms with Gasteiger partial charge in [-0.25, -0.2) is 4.98 Å². The van der Waals surface area contributed by atoms with Crippen LogP contribution in [-0.2, 0) is 4.74 Å². The molecule has 0 radical (unpaired) electrons. The van der Waals surface area contributed by atoms with E-state index >= 15 is 0 Å². The van der Waals surface area contributed by atoms with Gasteiger partial charge in [-0.1, -0.05) is 18.2 Å². The average molecular weight is 337 g/mol. The van der Waals surface area contributed by atoms with Gasteiger partial charge in [0.15, 0.2) is 0 Å². The number of rotatable bonds is 6. The number of nitrogens with one attached hydrogen (secondary N) is 2. The van der Waals surface area contributed by atoms with Gasteiger partial charge in [0, 0.05) is 24.0 Å². The molecule has 132 valence electrons. The zero-order valence-corrected chi connectivity index (χ0v) is 14.8. The summed E-state index contributed by atoms with van der Waals surface area (Å²) in [5.41, 5.74) is 3.13. The first kappa shape index (κ1) is 16.4. The van der Waals surface area contributed by atoms with E-state index in [1.54, 1.807) is 0 Å². The SMILES string of the molecule is C1=C(c2cc(NCCCC3CCCNC3)c3ccccc3n2)OCC1. The minimum Gasteiger partial charge on any atom is -0.491 e. The van der Waals surface area contributed by atoms with Crippen LogP contribution in [0.1, 0.15) is 37.8 Å². The molecule has 4 rings (SSSR count). The number of nitrogens with zero attached hydrogens (tertiary/aromatic N) is 1. The molecule has 25 heavy (non-hydrogen) atoms. The number of hydrogen-bond donors (Lipinski definition) is 2. The van der Waals surface area contributed by atoms with E-state index in [0.29, 0.717) is 0 Å². The number of para-hydroxylation sites is 1. The molecule has 2 N–H and O–H groups in total. The molecule has 4 heteroatoms. The number of fused-ring (bicyclic) bond motifs is 1. The Kier molecular flexibility index (Phi) is 5.17. The van der Waals surface area contributed by atoms with Crippen LogP contribution >= 0.6 is 0 Å². The normalized spacial score (nSPS) is 20.3. The maximum Gasteiger partial charge on any atom is 0.141 e. The highest BCUT2D eigenvalue weighted by Gasteiger charge is 2.14. The monoisotopic (exact) mass is 337 g/mol. The first-order chi connectivity index (χ1) is 12.4. The molecule has 2 aromatic rings. The highest BCUT2D eigenvalue weighted by molar-refractivity contribution is 5.92. The molecule has 1 aromatic carbocycles. The lowest BCUT2D eigenvalue weighted by atomic mass is 9.95. The van der Waals surface area contributed by atoms with Crippen LogP contribution in [0.5, 0.6) is 0 Å². The van der Waals surface area contributed by atoms with Crippen LogP contribution in [0.15, 0.2) is 36.4 Å². The summed E-state index contributed by atoms with van der Waals surface area (Å²) < 4.78 is 5.71. The molecule has 2 aliphatic heterocycles. The molecular formula is C21H27N3O. The fraction of sp³-hybridized carbons (Fsp3) is 0.476. The van der Waals surface area contributed by atoms with Crippen LogP contribution < -0.4 is 10.6 Å². The van der Waals surface area contributed by atoms with Gasteiger partial charge in [0.1, 0.15) is 11.5 Å². The van der Waals surface area contributed by atoms with Crippen molar-refractivity contribution in [3.8, 4) is 0 Å². The van der Waals surface area contributed by atoms with Gasteiger partial charge >= 0.3 is 0 Å². The number of benzene rings is 1. The summed E-state index contributed by atoms with van der Waals surface area (Å²) in [6.45, 7) is 4.15. The number of piperidine rings is 1. The maximum atomic E-state index is 5.71. The molecule has 2 aliphatic rings. The molecule has 0 spiro atoms. The summed E-state index contributed by atoms with van der Waals surface area (Å²) >= 11 is 0. The predicted octanol–water partition coefficient (Wildman–Crippen LogP) is 4.19. The Hall–Kier alpha value is -2.07. The van der Waals surface area contributed by atoms with Crippen LogP contribution in [0.4, 0.5) is 5.69 Å². The Morgan fingerprint density at radius 1 is 1.28 bits per heavy atom. The summed E-state index contributed by atoms with van der Waals surface area (Å²) in [7, 11) is 0. The first-order valence-corrected chi connectivity index (χ1v) is 9.58. The third-order valence-electron chi connectivity index (χ3n) is 5.18. The first-order valence-electron chi connectivity index (χ1n) is 9.58. The molecule has 1 unspecified atom stereocenters. The highest BCUT2D eigenvalue weighted by Crippen LogP contribution is 2.28. The third-order valence-corrected chi connectivity index (χ3v) is 5.18. The van der Waals surface area contributed by atoms with Gasteiger partial charge < -0.3 is 15.4 Å². The molecule has 0 amide bonds. The van der Waals surface area contributed by atoms with Crippen molar-refractivity contribution in [1.82, 2.24) is 10.3 Å². The second kappa shape index (κ2) is 7.87. The second-order valence-corrected chi connectivity index (χ2v) is 7.06. The average Bonchev–Trinajstić information content (AvgIpc) is 3.20. The molecule has 1 atom stereocenters. The minimum atomic E-state index is 0.766. The van der Waals surface area contributed by atoms with Gasteiger partial charge in [-0.2, -0.15) is 0 Å².